The largest absolute Gasteiger partial charge is 0.355 e. The maximum absolute atomic E-state index is 11.4. The van der Waals surface area contributed by atoms with Crippen molar-refractivity contribution in [3.05, 3.63) is 21.2 Å². The van der Waals surface area contributed by atoms with E-state index in [-0.39, 0.29) is 11.7 Å². The molecule has 3 nitrogen and oxygen atoms in total. The first-order valence-electron chi connectivity index (χ1n) is 5.64. The van der Waals surface area contributed by atoms with Crippen LogP contribution in [0.5, 0.6) is 0 Å². The molecule has 1 aliphatic rings. The van der Waals surface area contributed by atoms with Crippen LogP contribution in [0, 0.1) is 5.92 Å². The van der Waals surface area contributed by atoms with E-state index in [0.29, 0.717) is 0 Å². The molecule has 1 aromatic heterocycles. The van der Waals surface area contributed by atoms with Gasteiger partial charge in [0.25, 0.3) is 0 Å². The molecule has 0 bridgehead atoms. The van der Waals surface area contributed by atoms with Gasteiger partial charge in [-0.3, -0.25) is 4.79 Å². The van der Waals surface area contributed by atoms with E-state index >= 15 is 0 Å². The number of carbonyl (C=O) groups excluding carboxylic acids is 1. The molecule has 0 aliphatic carbocycles. The predicted molar refractivity (Wildman–Crippen MR) is 75.3 cm³/mol. The number of rotatable bonds is 2. The average Bonchev–Trinajstić information content (AvgIpc) is 2.29. The first-order valence-corrected chi connectivity index (χ1v) is 7.23. The van der Waals surface area contributed by atoms with E-state index in [4.69, 9.17) is 0 Å². The first-order chi connectivity index (χ1) is 8.08. The molecule has 1 unspecified atom stereocenters. The van der Waals surface area contributed by atoms with Crippen LogP contribution in [-0.2, 0) is 4.79 Å². The van der Waals surface area contributed by atoms with Crippen molar-refractivity contribution in [2.75, 3.05) is 18.0 Å². The number of piperidine rings is 1. The highest BCUT2D eigenvalue weighted by molar-refractivity contribution is 9.11. The molecular formula is C12H14Br2N2O. The SMILES string of the molecule is CC(=O)C1CCCN(c2ncc(Br)cc2Br)C1. The summed E-state index contributed by atoms with van der Waals surface area (Å²) in [6.45, 7) is 3.43. The minimum atomic E-state index is 0.154. The Hall–Kier alpha value is -0.420. The zero-order chi connectivity index (χ0) is 12.4. The average molecular weight is 362 g/mol. The number of hydrogen-bond acceptors (Lipinski definition) is 3. The van der Waals surface area contributed by atoms with Crippen LogP contribution in [0.2, 0.25) is 0 Å². The number of halogens is 2. The quantitative estimate of drug-likeness (QED) is 0.809. The van der Waals surface area contributed by atoms with E-state index in [1.54, 1.807) is 13.1 Å². The lowest BCUT2D eigenvalue weighted by molar-refractivity contribution is -0.120. The van der Waals surface area contributed by atoms with E-state index in [0.717, 1.165) is 40.7 Å². The number of Topliss-reactive ketones (excluding diaryl/α,β-unsaturated/α-hetero) is 1. The molecule has 0 radical (unpaired) electrons. The van der Waals surface area contributed by atoms with Gasteiger partial charge in [-0.1, -0.05) is 0 Å². The Labute approximate surface area is 118 Å². The van der Waals surface area contributed by atoms with E-state index in [1.807, 2.05) is 6.07 Å². The Bertz CT molecular complexity index is 437. The summed E-state index contributed by atoms with van der Waals surface area (Å²) in [6, 6.07) is 1.99. The van der Waals surface area contributed by atoms with E-state index in [9.17, 15) is 4.79 Å². The van der Waals surface area contributed by atoms with Crippen LogP contribution in [0.15, 0.2) is 21.2 Å². The summed E-state index contributed by atoms with van der Waals surface area (Å²) in [6.07, 6.45) is 3.84. The van der Waals surface area contributed by atoms with Gasteiger partial charge < -0.3 is 4.90 Å². The van der Waals surface area contributed by atoms with Gasteiger partial charge in [0.1, 0.15) is 11.6 Å². The van der Waals surface area contributed by atoms with E-state index in [2.05, 4.69) is 41.7 Å². The fourth-order valence-electron chi connectivity index (χ4n) is 2.14. The summed E-state index contributed by atoms with van der Waals surface area (Å²) in [5.41, 5.74) is 0. The van der Waals surface area contributed by atoms with Gasteiger partial charge in [-0.15, -0.1) is 0 Å². The van der Waals surface area contributed by atoms with Gasteiger partial charge in [-0.05, 0) is 57.7 Å². The number of carbonyl (C=O) groups is 1. The summed E-state index contributed by atoms with van der Waals surface area (Å²) in [7, 11) is 0. The number of aromatic nitrogens is 1. The molecule has 92 valence electrons. The van der Waals surface area contributed by atoms with Gasteiger partial charge >= 0.3 is 0 Å². The standard InChI is InChI=1S/C12H14Br2N2O/c1-8(17)9-3-2-4-16(7-9)12-11(14)5-10(13)6-15-12/h5-6,9H,2-4,7H2,1H3. The summed E-state index contributed by atoms with van der Waals surface area (Å²) in [5, 5.41) is 0. The van der Waals surface area contributed by atoms with Crippen molar-refractivity contribution in [3.63, 3.8) is 0 Å². The Kier molecular flexibility index (Phi) is 4.20. The van der Waals surface area contributed by atoms with Crippen molar-refractivity contribution in [3.8, 4) is 0 Å². The molecule has 1 atom stereocenters. The Morgan fingerprint density at radius 2 is 2.29 bits per heavy atom. The van der Waals surface area contributed by atoms with Gasteiger partial charge in [0.2, 0.25) is 0 Å². The molecule has 1 aromatic rings. The molecule has 1 saturated heterocycles. The second-order valence-corrected chi connectivity index (χ2v) is 6.12. The lowest BCUT2D eigenvalue weighted by Crippen LogP contribution is -2.38. The van der Waals surface area contributed by atoms with Crippen molar-refractivity contribution < 1.29 is 4.79 Å². The highest BCUT2D eigenvalue weighted by atomic mass is 79.9. The lowest BCUT2D eigenvalue weighted by Gasteiger charge is -2.32. The minimum Gasteiger partial charge on any atom is -0.355 e. The summed E-state index contributed by atoms with van der Waals surface area (Å²) >= 11 is 6.91. The molecule has 0 N–H and O–H groups in total. The molecule has 1 aliphatic heterocycles. The van der Waals surface area contributed by atoms with Gasteiger partial charge in [0.05, 0.1) is 4.47 Å². The molecule has 0 spiro atoms. The third-order valence-corrected chi connectivity index (χ3v) is 4.10. The Balaban J connectivity index is 2.19. The smallest absolute Gasteiger partial charge is 0.142 e. The maximum atomic E-state index is 11.4. The third kappa shape index (κ3) is 3.07. The Morgan fingerprint density at radius 1 is 1.53 bits per heavy atom. The molecule has 0 saturated carbocycles. The molecule has 2 heterocycles. The second kappa shape index (κ2) is 5.48. The van der Waals surface area contributed by atoms with Crippen LogP contribution < -0.4 is 4.90 Å². The molecular weight excluding hydrogens is 348 g/mol. The molecule has 17 heavy (non-hydrogen) atoms. The van der Waals surface area contributed by atoms with E-state index < -0.39 is 0 Å². The fourth-order valence-corrected chi connectivity index (χ4v) is 3.38. The zero-order valence-corrected chi connectivity index (χ0v) is 12.8. The van der Waals surface area contributed by atoms with Crippen LogP contribution in [0.4, 0.5) is 5.82 Å². The number of nitrogens with zero attached hydrogens (tertiary/aromatic N) is 2. The predicted octanol–water partition coefficient (Wildman–Crippen LogP) is 3.41. The highest BCUT2D eigenvalue weighted by Gasteiger charge is 2.24. The normalized spacial score (nSPS) is 20.4. The van der Waals surface area contributed by atoms with Crippen molar-refractivity contribution >= 4 is 43.5 Å². The molecule has 0 amide bonds. The fraction of sp³-hybridized carbons (Fsp3) is 0.500. The van der Waals surface area contributed by atoms with Gasteiger partial charge in [-0.2, -0.15) is 0 Å². The molecule has 0 aromatic carbocycles. The van der Waals surface area contributed by atoms with Gasteiger partial charge in [-0.25, -0.2) is 4.98 Å². The number of hydrogen-bond donors (Lipinski definition) is 0. The van der Waals surface area contributed by atoms with Crippen LogP contribution >= 0.6 is 31.9 Å². The summed E-state index contributed by atoms with van der Waals surface area (Å²) < 4.78 is 1.92. The van der Waals surface area contributed by atoms with Crippen molar-refractivity contribution in [1.82, 2.24) is 4.98 Å². The van der Waals surface area contributed by atoms with Crippen LogP contribution in [0.3, 0.4) is 0 Å². The second-order valence-electron chi connectivity index (χ2n) is 4.35. The first kappa shape index (κ1) is 13.0. The number of anilines is 1. The minimum absolute atomic E-state index is 0.154. The monoisotopic (exact) mass is 360 g/mol. The molecule has 1 fully saturated rings. The molecule has 2 rings (SSSR count). The third-order valence-electron chi connectivity index (χ3n) is 3.08. The lowest BCUT2D eigenvalue weighted by atomic mass is 9.95. The number of ketones is 1. The topological polar surface area (TPSA) is 33.2 Å². The van der Waals surface area contributed by atoms with Gasteiger partial charge in [0, 0.05) is 29.7 Å². The summed E-state index contributed by atoms with van der Waals surface area (Å²) in [5.74, 6) is 1.36. The van der Waals surface area contributed by atoms with Gasteiger partial charge in [0.15, 0.2) is 0 Å². The van der Waals surface area contributed by atoms with Crippen LogP contribution in [-0.4, -0.2) is 23.9 Å². The van der Waals surface area contributed by atoms with Crippen molar-refractivity contribution in [2.24, 2.45) is 5.92 Å². The van der Waals surface area contributed by atoms with Crippen molar-refractivity contribution in [1.29, 1.82) is 0 Å². The summed E-state index contributed by atoms with van der Waals surface area (Å²) in [4.78, 5) is 18.1. The number of pyridine rings is 1. The van der Waals surface area contributed by atoms with Crippen LogP contribution in [0.1, 0.15) is 19.8 Å². The van der Waals surface area contributed by atoms with Crippen LogP contribution in [0.25, 0.3) is 0 Å². The maximum Gasteiger partial charge on any atom is 0.142 e. The highest BCUT2D eigenvalue weighted by Crippen LogP contribution is 2.30. The van der Waals surface area contributed by atoms with Crippen molar-refractivity contribution in [2.45, 2.75) is 19.8 Å². The zero-order valence-electron chi connectivity index (χ0n) is 9.62. The van der Waals surface area contributed by atoms with E-state index in [1.165, 1.54) is 0 Å². The Morgan fingerprint density at radius 3 is 2.94 bits per heavy atom. The molecule has 5 heteroatoms.